The summed E-state index contributed by atoms with van der Waals surface area (Å²) in [7, 11) is 0. The number of halogens is 1. The summed E-state index contributed by atoms with van der Waals surface area (Å²) in [4.78, 5) is 5.86. The summed E-state index contributed by atoms with van der Waals surface area (Å²) in [5, 5.41) is 4.71. The van der Waals surface area contributed by atoms with Gasteiger partial charge in [0.1, 0.15) is 5.82 Å². The van der Waals surface area contributed by atoms with Gasteiger partial charge in [0.2, 0.25) is 0 Å². The van der Waals surface area contributed by atoms with Gasteiger partial charge in [-0.05, 0) is 47.3 Å². The van der Waals surface area contributed by atoms with Crippen molar-refractivity contribution in [2.45, 2.75) is 13.1 Å². The van der Waals surface area contributed by atoms with Crippen LogP contribution in [0, 0.1) is 5.82 Å². The van der Waals surface area contributed by atoms with Gasteiger partial charge in [0, 0.05) is 34.1 Å². The average molecular weight is 336 g/mol. The van der Waals surface area contributed by atoms with E-state index in [2.05, 4.69) is 46.7 Å². The maximum absolute atomic E-state index is 13.0. The van der Waals surface area contributed by atoms with E-state index in [4.69, 9.17) is 0 Å². The van der Waals surface area contributed by atoms with E-state index < -0.39 is 0 Å². The molecule has 0 spiro atoms. The minimum Gasteiger partial charge on any atom is -0.357 e. The molecule has 0 saturated carbocycles. The summed E-state index contributed by atoms with van der Waals surface area (Å²) in [6, 6.07) is 21.4. The molecule has 0 fully saturated rings. The van der Waals surface area contributed by atoms with Gasteiger partial charge in [0.15, 0.2) is 0 Å². The highest BCUT2D eigenvalue weighted by Gasteiger charge is 2.04. The lowest BCUT2D eigenvalue weighted by molar-refractivity contribution is 0.628. The van der Waals surface area contributed by atoms with Gasteiger partial charge in [-0.15, -0.1) is 11.3 Å². The van der Waals surface area contributed by atoms with Crippen molar-refractivity contribution in [2.75, 3.05) is 0 Å². The third kappa shape index (κ3) is 3.25. The number of thiophene rings is 1. The minimum absolute atomic E-state index is 0.199. The molecule has 2 aromatic heterocycles. The SMILES string of the molecule is Fc1ccc(-c2ccc(CNCc3cc4ccccc4[nH]3)s2)cc1. The van der Waals surface area contributed by atoms with E-state index in [0.717, 1.165) is 23.5 Å². The fourth-order valence-electron chi connectivity index (χ4n) is 2.79. The second-order valence-electron chi connectivity index (χ2n) is 5.76. The average Bonchev–Trinajstić information content (AvgIpc) is 3.22. The zero-order chi connectivity index (χ0) is 16.4. The van der Waals surface area contributed by atoms with Gasteiger partial charge in [0.05, 0.1) is 0 Å². The van der Waals surface area contributed by atoms with E-state index in [1.54, 1.807) is 11.3 Å². The van der Waals surface area contributed by atoms with E-state index in [-0.39, 0.29) is 5.82 Å². The normalized spacial score (nSPS) is 11.2. The van der Waals surface area contributed by atoms with Crippen LogP contribution in [0.2, 0.25) is 0 Å². The van der Waals surface area contributed by atoms with Crippen LogP contribution in [0.1, 0.15) is 10.6 Å². The smallest absolute Gasteiger partial charge is 0.123 e. The van der Waals surface area contributed by atoms with Crippen LogP contribution >= 0.6 is 11.3 Å². The van der Waals surface area contributed by atoms with Crippen LogP contribution in [0.3, 0.4) is 0 Å². The summed E-state index contributed by atoms with van der Waals surface area (Å²) < 4.78 is 13.0. The maximum atomic E-state index is 13.0. The number of aromatic amines is 1. The molecule has 0 aliphatic carbocycles. The molecule has 2 N–H and O–H groups in total. The minimum atomic E-state index is -0.199. The number of rotatable bonds is 5. The van der Waals surface area contributed by atoms with E-state index in [1.807, 2.05) is 18.2 Å². The number of H-pyrrole nitrogens is 1. The summed E-state index contributed by atoms with van der Waals surface area (Å²) in [6.07, 6.45) is 0. The molecule has 0 saturated heterocycles. The first-order valence-electron chi connectivity index (χ1n) is 7.90. The predicted molar refractivity (Wildman–Crippen MR) is 98.6 cm³/mol. The first-order valence-corrected chi connectivity index (χ1v) is 8.71. The largest absolute Gasteiger partial charge is 0.357 e. The Morgan fingerprint density at radius 3 is 2.58 bits per heavy atom. The van der Waals surface area contributed by atoms with Gasteiger partial charge in [-0.1, -0.05) is 30.3 Å². The monoisotopic (exact) mass is 336 g/mol. The summed E-state index contributed by atoms with van der Waals surface area (Å²) in [5.41, 5.74) is 3.42. The topological polar surface area (TPSA) is 27.8 Å². The molecule has 2 heterocycles. The van der Waals surface area contributed by atoms with Crippen LogP contribution in [-0.2, 0) is 13.1 Å². The fourth-order valence-corrected chi connectivity index (χ4v) is 3.77. The molecule has 0 amide bonds. The summed E-state index contributed by atoms with van der Waals surface area (Å²) >= 11 is 1.74. The van der Waals surface area contributed by atoms with Crippen molar-refractivity contribution in [1.82, 2.24) is 10.3 Å². The highest BCUT2D eigenvalue weighted by Crippen LogP contribution is 2.28. The highest BCUT2D eigenvalue weighted by molar-refractivity contribution is 7.15. The Balaban J connectivity index is 1.38. The lowest BCUT2D eigenvalue weighted by Crippen LogP contribution is -2.11. The van der Waals surface area contributed by atoms with Crippen molar-refractivity contribution in [3.63, 3.8) is 0 Å². The molecule has 4 rings (SSSR count). The fraction of sp³-hybridized carbons (Fsp3) is 0.100. The van der Waals surface area contributed by atoms with Gasteiger partial charge in [-0.2, -0.15) is 0 Å². The summed E-state index contributed by atoms with van der Waals surface area (Å²) in [5.74, 6) is -0.199. The first-order chi connectivity index (χ1) is 11.8. The number of fused-ring (bicyclic) bond motifs is 1. The van der Waals surface area contributed by atoms with Crippen molar-refractivity contribution in [1.29, 1.82) is 0 Å². The Morgan fingerprint density at radius 2 is 1.75 bits per heavy atom. The number of aromatic nitrogens is 1. The van der Waals surface area contributed by atoms with Crippen LogP contribution in [0.4, 0.5) is 4.39 Å². The third-order valence-corrected chi connectivity index (χ3v) is 5.13. The zero-order valence-corrected chi connectivity index (χ0v) is 13.9. The van der Waals surface area contributed by atoms with E-state index in [0.29, 0.717) is 0 Å². The van der Waals surface area contributed by atoms with Crippen LogP contribution in [0.25, 0.3) is 21.3 Å². The van der Waals surface area contributed by atoms with E-state index in [9.17, 15) is 4.39 Å². The van der Waals surface area contributed by atoms with Gasteiger partial charge in [-0.25, -0.2) is 4.39 Å². The Labute approximate surface area is 144 Å². The molecular weight excluding hydrogens is 319 g/mol. The molecule has 4 aromatic rings. The molecule has 0 unspecified atom stereocenters. The molecule has 0 atom stereocenters. The second kappa shape index (κ2) is 6.59. The van der Waals surface area contributed by atoms with Crippen molar-refractivity contribution < 1.29 is 4.39 Å². The van der Waals surface area contributed by atoms with Crippen LogP contribution < -0.4 is 5.32 Å². The molecule has 0 bridgehead atoms. The predicted octanol–water partition coefficient (Wildman–Crippen LogP) is 5.33. The van der Waals surface area contributed by atoms with Gasteiger partial charge in [0.25, 0.3) is 0 Å². The highest BCUT2D eigenvalue weighted by atomic mass is 32.1. The molecule has 0 aliphatic heterocycles. The van der Waals surface area contributed by atoms with Gasteiger partial charge < -0.3 is 10.3 Å². The van der Waals surface area contributed by atoms with Gasteiger partial charge in [-0.3, -0.25) is 0 Å². The molecule has 2 aromatic carbocycles. The van der Waals surface area contributed by atoms with Crippen molar-refractivity contribution in [3.05, 3.63) is 83.1 Å². The van der Waals surface area contributed by atoms with Crippen LogP contribution in [-0.4, -0.2) is 4.98 Å². The molecule has 4 heteroatoms. The molecule has 120 valence electrons. The second-order valence-corrected chi connectivity index (χ2v) is 6.93. The van der Waals surface area contributed by atoms with Crippen molar-refractivity contribution in [3.8, 4) is 10.4 Å². The Hall–Kier alpha value is -2.43. The molecule has 0 aliphatic rings. The standard InChI is InChI=1S/C20H17FN2S/c21-16-7-5-14(6-8-16)20-10-9-18(24-20)13-22-12-17-11-15-3-1-2-4-19(15)23-17/h1-11,22-23H,12-13H2. The Morgan fingerprint density at radius 1 is 0.917 bits per heavy atom. The zero-order valence-electron chi connectivity index (χ0n) is 13.1. The van der Waals surface area contributed by atoms with Crippen molar-refractivity contribution in [2.24, 2.45) is 0 Å². The number of benzene rings is 2. The van der Waals surface area contributed by atoms with Crippen LogP contribution in [0.5, 0.6) is 0 Å². The number of hydrogen-bond acceptors (Lipinski definition) is 2. The first kappa shape index (κ1) is 15.1. The van der Waals surface area contributed by atoms with E-state index in [1.165, 1.54) is 33.6 Å². The third-order valence-electron chi connectivity index (χ3n) is 3.99. The molecule has 24 heavy (non-hydrogen) atoms. The number of hydrogen-bond donors (Lipinski definition) is 2. The number of para-hydroxylation sites is 1. The van der Waals surface area contributed by atoms with Gasteiger partial charge >= 0.3 is 0 Å². The lowest BCUT2D eigenvalue weighted by Gasteiger charge is -2.01. The number of nitrogens with one attached hydrogen (secondary N) is 2. The Bertz CT molecular complexity index is 920. The molecule has 2 nitrogen and oxygen atoms in total. The lowest BCUT2D eigenvalue weighted by atomic mass is 10.2. The van der Waals surface area contributed by atoms with Crippen molar-refractivity contribution >= 4 is 22.2 Å². The quantitative estimate of drug-likeness (QED) is 0.507. The molecule has 0 radical (unpaired) electrons. The van der Waals surface area contributed by atoms with Crippen LogP contribution in [0.15, 0.2) is 66.7 Å². The Kier molecular flexibility index (Phi) is 4.15. The molecular formula is C20H17FN2S. The summed E-state index contributed by atoms with van der Waals surface area (Å²) in [6.45, 7) is 1.62. The maximum Gasteiger partial charge on any atom is 0.123 e. The van der Waals surface area contributed by atoms with E-state index >= 15 is 0 Å².